The lowest BCUT2D eigenvalue weighted by atomic mass is 10.3. The SMILES string of the molecule is N#CCn1ccc(NC(=O)c2nnc3ccccc3n2)n1. The van der Waals surface area contributed by atoms with E-state index < -0.39 is 5.91 Å². The Morgan fingerprint density at radius 2 is 2.05 bits per heavy atom. The highest BCUT2D eigenvalue weighted by atomic mass is 16.2. The van der Waals surface area contributed by atoms with Gasteiger partial charge in [0.05, 0.1) is 11.6 Å². The van der Waals surface area contributed by atoms with Crippen molar-refractivity contribution in [2.45, 2.75) is 6.54 Å². The van der Waals surface area contributed by atoms with E-state index in [2.05, 4.69) is 25.6 Å². The van der Waals surface area contributed by atoms with E-state index in [4.69, 9.17) is 5.26 Å². The Balaban J connectivity index is 1.81. The van der Waals surface area contributed by atoms with Crippen molar-refractivity contribution in [3.63, 3.8) is 0 Å². The average Bonchev–Trinajstić information content (AvgIpc) is 2.94. The van der Waals surface area contributed by atoms with E-state index in [9.17, 15) is 4.79 Å². The molecular weight excluding hydrogens is 270 g/mol. The van der Waals surface area contributed by atoms with Crippen LogP contribution in [-0.2, 0) is 6.54 Å². The van der Waals surface area contributed by atoms with Gasteiger partial charge >= 0.3 is 0 Å². The summed E-state index contributed by atoms with van der Waals surface area (Å²) in [6, 6.07) is 10.7. The largest absolute Gasteiger partial charge is 0.302 e. The monoisotopic (exact) mass is 279 g/mol. The van der Waals surface area contributed by atoms with Crippen LogP contribution in [0.2, 0.25) is 0 Å². The second-order valence-electron chi connectivity index (χ2n) is 4.13. The molecule has 1 amide bonds. The molecule has 0 aliphatic carbocycles. The zero-order valence-corrected chi connectivity index (χ0v) is 10.8. The van der Waals surface area contributed by atoms with Gasteiger partial charge < -0.3 is 5.32 Å². The number of rotatable bonds is 3. The minimum atomic E-state index is -0.504. The summed E-state index contributed by atoms with van der Waals surface area (Å²) >= 11 is 0. The molecule has 0 fully saturated rings. The van der Waals surface area contributed by atoms with Gasteiger partial charge in [-0.2, -0.15) is 10.4 Å². The molecular formula is C13H9N7O. The summed E-state index contributed by atoms with van der Waals surface area (Å²) in [4.78, 5) is 16.2. The Kier molecular flexibility index (Phi) is 3.22. The van der Waals surface area contributed by atoms with Gasteiger partial charge in [-0.3, -0.25) is 9.48 Å². The van der Waals surface area contributed by atoms with E-state index >= 15 is 0 Å². The summed E-state index contributed by atoms with van der Waals surface area (Å²) < 4.78 is 1.41. The van der Waals surface area contributed by atoms with Crippen LogP contribution in [0.4, 0.5) is 5.82 Å². The van der Waals surface area contributed by atoms with Gasteiger partial charge in [0, 0.05) is 12.3 Å². The fourth-order valence-electron chi connectivity index (χ4n) is 1.74. The number of carbonyl (C=O) groups is 1. The van der Waals surface area contributed by atoms with Crippen LogP contribution in [0, 0.1) is 11.3 Å². The van der Waals surface area contributed by atoms with Crippen LogP contribution in [-0.4, -0.2) is 30.9 Å². The molecule has 102 valence electrons. The molecule has 0 spiro atoms. The molecule has 8 nitrogen and oxygen atoms in total. The quantitative estimate of drug-likeness (QED) is 0.765. The number of anilines is 1. The van der Waals surface area contributed by atoms with E-state index in [0.29, 0.717) is 16.9 Å². The third-order valence-corrected chi connectivity index (χ3v) is 2.68. The molecule has 3 aromatic rings. The van der Waals surface area contributed by atoms with Crippen molar-refractivity contribution >= 4 is 22.8 Å². The van der Waals surface area contributed by atoms with Crippen molar-refractivity contribution in [2.24, 2.45) is 0 Å². The van der Waals surface area contributed by atoms with Crippen molar-refractivity contribution in [1.82, 2.24) is 25.0 Å². The van der Waals surface area contributed by atoms with Gasteiger partial charge in [-0.05, 0) is 12.1 Å². The summed E-state index contributed by atoms with van der Waals surface area (Å²) in [6.07, 6.45) is 1.60. The highest BCUT2D eigenvalue weighted by Gasteiger charge is 2.12. The Hall–Kier alpha value is -3.34. The minimum absolute atomic E-state index is 0.0384. The molecule has 8 heteroatoms. The molecule has 0 aliphatic heterocycles. The zero-order chi connectivity index (χ0) is 14.7. The van der Waals surface area contributed by atoms with E-state index in [-0.39, 0.29) is 12.4 Å². The molecule has 0 saturated carbocycles. The topological polar surface area (TPSA) is 109 Å². The Bertz CT molecular complexity index is 849. The second kappa shape index (κ2) is 5.34. The van der Waals surface area contributed by atoms with E-state index in [1.165, 1.54) is 4.68 Å². The zero-order valence-electron chi connectivity index (χ0n) is 10.8. The molecule has 2 heterocycles. The predicted molar refractivity (Wildman–Crippen MR) is 73.1 cm³/mol. The van der Waals surface area contributed by atoms with Gasteiger partial charge in [0.1, 0.15) is 12.1 Å². The second-order valence-corrected chi connectivity index (χ2v) is 4.13. The Morgan fingerprint density at radius 1 is 1.24 bits per heavy atom. The van der Waals surface area contributed by atoms with Crippen LogP contribution in [0.15, 0.2) is 36.5 Å². The van der Waals surface area contributed by atoms with Gasteiger partial charge in [0.25, 0.3) is 5.91 Å². The summed E-state index contributed by atoms with van der Waals surface area (Å²) in [5.41, 5.74) is 1.21. The normalized spacial score (nSPS) is 10.2. The smallest absolute Gasteiger partial charge is 0.296 e. The molecule has 1 aromatic carbocycles. The fraction of sp³-hybridized carbons (Fsp3) is 0.0769. The standard InChI is InChI=1S/C13H9N7O/c14-6-8-20-7-5-11(19-20)16-13(21)12-15-9-3-1-2-4-10(9)17-18-12/h1-5,7H,8H2,(H,16,19,21). The summed E-state index contributed by atoms with van der Waals surface area (Å²) in [5, 5.41) is 22.9. The van der Waals surface area contributed by atoms with Gasteiger partial charge in [-0.1, -0.05) is 12.1 Å². The summed E-state index contributed by atoms with van der Waals surface area (Å²) in [7, 11) is 0. The van der Waals surface area contributed by atoms with Crippen molar-refractivity contribution in [2.75, 3.05) is 5.32 Å². The molecule has 0 bridgehead atoms. The maximum atomic E-state index is 12.0. The molecule has 0 unspecified atom stereocenters. The lowest BCUT2D eigenvalue weighted by Gasteiger charge is -2.01. The Labute approximate surface area is 119 Å². The third-order valence-electron chi connectivity index (χ3n) is 2.68. The number of nitriles is 1. The lowest BCUT2D eigenvalue weighted by molar-refractivity contribution is 0.101. The molecule has 0 radical (unpaired) electrons. The minimum Gasteiger partial charge on any atom is -0.302 e. The molecule has 0 saturated heterocycles. The first-order valence-corrected chi connectivity index (χ1v) is 6.07. The molecule has 3 rings (SSSR count). The number of nitrogens with one attached hydrogen (secondary N) is 1. The molecule has 0 atom stereocenters. The fourth-order valence-corrected chi connectivity index (χ4v) is 1.74. The lowest BCUT2D eigenvalue weighted by Crippen LogP contribution is -2.17. The van der Waals surface area contributed by atoms with E-state index in [1.54, 1.807) is 24.4 Å². The van der Waals surface area contributed by atoms with Gasteiger partial charge in [-0.25, -0.2) is 4.98 Å². The number of carbonyl (C=O) groups excluding carboxylic acids is 1. The maximum absolute atomic E-state index is 12.0. The molecule has 2 aromatic heterocycles. The number of aromatic nitrogens is 5. The number of hydrogen-bond acceptors (Lipinski definition) is 6. The number of hydrogen-bond donors (Lipinski definition) is 1. The van der Waals surface area contributed by atoms with Gasteiger partial charge in [-0.15, -0.1) is 10.2 Å². The van der Waals surface area contributed by atoms with Crippen molar-refractivity contribution in [3.8, 4) is 6.07 Å². The first-order valence-electron chi connectivity index (χ1n) is 6.07. The number of benzene rings is 1. The predicted octanol–water partition coefficient (Wildman–Crippen LogP) is 0.997. The number of nitrogens with zero attached hydrogens (tertiary/aromatic N) is 6. The van der Waals surface area contributed by atoms with Crippen LogP contribution in [0.1, 0.15) is 10.6 Å². The highest BCUT2D eigenvalue weighted by molar-refractivity contribution is 6.01. The first-order chi connectivity index (χ1) is 10.3. The number of fused-ring (bicyclic) bond motifs is 1. The van der Waals surface area contributed by atoms with Crippen molar-refractivity contribution in [1.29, 1.82) is 5.26 Å². The summed E-state index contributed by atoms with van der Waals surface area (Å²) in [6.45, 7) is 0.115. The van der Waals surface area contributed by atoms with Crippen molar-refractivity contribution in [3.05, 3.63) is 42.4 Å². The Morgan fingerprint density at radius 3 is 2.86 bits per heavy atom. The third kappa shape index (κ3) is 2.66. The molecule has 1 N–H and O–H groups in total. The molecule has 0 aliphatic rings. The summed E-state index contributed by atoms with van der Waals surface area (Å²) in [5.74, 6) is -0.217. The van der Waals surface area contributed by atoms with E-state index in [1.807, 2.05) is 18.2 Å². The molecule has 21 heavy (non-hydrogen) atoms. The average molecular weight is 279 g/mol. The van der Waals surface area contributed by atoms with Crippen LogP contribution in [0.3, 0.4) is 0 Å². The van der Waals surface area contributed by atoms with Gasteiger partial charge in [0.15, 0.2) is 5.82 Å². The van der Waals surface area contributed by atoms with Crippen LogP contribution < -0.4 is 5.32 Å². The van der Waals surface area contributed by atoms with E-state index in [0.717, 1.165) is 0 Å². The maximum Gasteiger partial charge on any atom is 0.296 e. The number of para-hydroxylation sites is 1. The van der Waals surface area contributed by atoms with Crippen molar-refractivity contribution < 1.29 is 4.79 Å². The number of amides is 1. The van der Waals surface area contributed by atoms with Crippen LogP contribution >= 0.6 is 0 Å². The highest BCUT2D eigenvalue weighted by Crippen LogP contribution is 2.08. The first kappa shape index (κ1) is 12.7. The van der Waals surface area contributed by atoms with Gasteiger partial charge in [0.2, 0.25) is 5.82 Å². The van der Waals surface area contributed by atoms with Crippen LogP contribution in [0.5, 0.6) is 0 Å². The van der Waals surface area contributed by atoms with Crippen LogP contribution in [0.25, 0.3) is 11.0 Å².